The lowest BCUT2D eigenvalue weighted by Crippen LogP contribution is -2.58. The van der Waals surface area contributed by atoms with Crippen LogP contribution in [0.25, 0.3) is 0 Å². The normalized spacial score (nSPS) is 14.9. The van der Waals surface area contributed by atoms with Gasteiger partial charge in [-0.3, -0.25) is 14.9 Å². The summed E-state index contributed by atoms with van der Waals surface area (Å²) in [4.78, 5) is 24.1. The van der Waals surface area contributed by atoms with Gasteiger partial charge in [-0.1, -0.05) is 0 Å². The molecular formula is C12H15N3O3. The van der Waals surface area contributed by atoms with Crippen LogP contribution in [0.4, 0.5) is 5.69 Å². The molecule has 1 aliphatic heterocycles. The van der Waals surface area contributed by atoms with E-state index in [0.717, 1.165) is 13.1 Å². The molecule has 0 bridgehead atoms. The van der Waals surface area contributed by atoms with Crippen molar-refractivity contribution < 1.29 is 9.72 Å². The number of nitrogens with one attached hydrogen (secondary N) is 1. The van der Waals surface area contributed by atoms with E-state index in [1.165, 1.54) is 24.3 Å². The molecule has 1 heterocycles. The molecule has 96 valence electrons. The molecule has 1 aromatic rings. The number of hydrogen-bond donors (Lipinski definition) is 1. The van der Waals surface area contributed by atoms with Crippen molar-refractivity contribution in [1.29, 1.82) is 0 Å². The monoisotopic (exact) mass is 249 g/mol. The Labute approximate surface area is 105 Å². The van der Waals surface area contributed by atoms with E-state index in [-0.39, 0.29) is 17.6 Å². The molecule has 18 heavy (non-hydrogen) atoms. The quantitative estimate of drug-likeness (QED) is 0.638. The summed E-state index contributed by atoms with van der Waals surface area (Å²) in [6.45, 7) is 4.20. The lowest BCUT2D eigenvalue weighted by Gasteiger charge is -2.37. The summed E-state index contributed by atoms with van der Waals surface area (Å²) in [6, 6.07) is 5.97. The lowest BCUT2D eigenvalue weighted by atomic mass is 10.1. The predicted octanol–water partition coefficient (Wildman–Crippen LogP) is 1.03. The van der Waals surface area contributed by atoms with Crippen LogP contribution < -0.4 is 5.32 Å². The van der Waals surface area contributed by atoms with Crippen molar-refractivity contribution in [1.82, 2.24) is 10.2 Å². The van der Waals surface area contributed by atoms with E-state index in [4.69, 9.17) is 0 Å². The highest BCUT2D eigenvalue weighted by Gasteiger charge is 2.27. The summed E-state index contributed by atoms with van der Waals surface area (Å²) < 4.78 is 0. The van der Waals surface area contributed by atoms with Gasteiger partial charge < -0.3 is 10.2 Å². The summed E-state index contributed by atoms with van der Waals surface area (Å²) >= 11 is 0. The van der Waals surface area contributed by atoms with Crippen LogP contribution in [0.3, 0.4) is 0 Å². The fourth-order valence-electron chi connectivity index (χ4n) is 1.95. The molecule has 0 saturated carbocycles. The van der Waals surface area contributed by atoms with Gasteiger partial charge in [-0.2, -0.15) is 0 Å². The van der Waals surface area contributed by atoms with E-state index in [0.29, 0.717) is 12.1 Å². The number of carbonyl (C=O) groups excluding carboxylic acids is 1. The number of carbonyl (C=O) groups is 1. The first-order valence-corrected chi connectivity index (χ1v) is 5.89. The molecule has 1 amide bonds. The molecule has 0 aliphatic carbocycles. The molecule has 1 saturated heterocycles. The average molecular weight is 249 g/mol. The van der Waals surface area contributed by atoms with Gasteiger partial charge in [0, 0.05) is 37.3 Å². The van der Waals surface area contributed by atoms with Crippen molar-refractivity contribution in [3.63, 3.8) is 0 Å². The fourth-order valence-corrected chi connectivity index (χ4v) is 1.95. The molecule has 2 rings (SSSR count). The lowest BCUT2D eigenvalue weighted by molar-refractivity contribution is -0.384. The highest BCUT2D eigenvalue weighted by molar-refractivity contribution is 5.94. The standard InChI is InChI=1S/C12H15N3O3/c1-2-14(11-7-13-8-11)12(16)9-3-5-10(6-4-9)15(17)18/h3-6,11,13H,2,7-8H2,1H3. The largest absolute Gasteiger partial charge is 0.333 e. The van der Waals surface area contributed by atoms with Crippen molar-refractivity contribution >= 4 is 11.6 Å². The van der Waals surface area contributed by atoms with Gasteiger partial charge in [0.05, 0.1) is 11.0 Å². The van der Waals surface area contributed by atoms with Crippen molar-refractivity contribution in [2.75, 3.05) is 19.6 Å². The van der Waals surface area contributed by atoms with E-state index in [1.807, 2.05) is 6.92 Å². The number of benzene rings is 1. The summed E-state index contributed by atoms with van der Waals surface area (Å²) in [5, 5.41) is 13.7. The van der Waals surface area contributed by atoms with E-state index in [9.17, 15) is 14.9 Å². The molecule has 0 radical (unpaired) electrons. The minimum Gasteiger partial charge on any atom is -0.333 e. The molecule has 1 aromatic carbocycles. The molecule has 1 aliphatic rings. The third-order valence-electron chi connectivity index (χ3n) is 3.13. The van der Waals surface area contributed by atoms with E-state index >= 15 is 0 Å². The highest BCUT2D eigenvalue weighted by atomic mass is 16.6. The molecule has 1 fully saturated rings. The molecule has 0 atom stereocenters. The Balaban J connectivity index is 2.14. The number of non-ortho nitro benzene ring substituents is 1. The number of hydrogen-bond acceptors (Lipinski definition) is 4. The Morgan fingerprint density at radius 3 is 2.44 bits per heavy atom. The van der Waals surface area contributed by atoms with Gasteiger partial charge in [0.1, 0.15) is 0 Å². The number of nitrogens with zero attached hydrogens (tertiary/aromatic N) is 2. The summed E-state index contributed by atoms with van der Waals surface area (Å²) in [7, 11) is 0. The third-order valence-corrected chi connectivity index (χ3v) is 3.13. The van der Waals surface area contributed by atoms with Crippen LogP contribution in [0.2, 0.25) is 0 Å². The van der Waals surface area contributed by atoms with Gasteiger partial charge in [0.25, 0.3) is 11.6 Å². The van der Waals surface area contributed by atoms with Crippen LogP contribution in [0.5, 0.6) is 0 Å². The Hall–Kier alpha value is -1.95. The number of amides is 1. The summed E-state index contributed by atoms with van der Waals surface area (Å²) in [6.07, 6.45) is 0. The molecule has 6 nitrogen and oxygen atoms in total. The second kappa shape index (κ2) is 5.14. The predicted molar refractivity (Wildman–Crippen MR) is 66.5 cm³/mol. The van der Waals surface area contributed by atoms with Crippen LogP contribution in [0, 0.1) is 10.1 Å². The number of likely N-dealkylation sites (N-methyl/N-ethyl adjacent to an activating group) is 1. The van der Waals surface area contributed by atoms with Crippen LogP contribution in [-0.2, 0) is 0 Å². The Morgan fingerprint density at radius 2 is 2.06 bits per heavy atom. The maximum atomic E-state index is 12.2. The number of nitro benzene ring substituents is 1. The van der Waals surface area contributed by atoms with Crippen molar-refractivity contribution in [3.05, 3.63) is 39.9 Å². The fraction of sp³-hybridized carbons (Fsp3) is 0.417. The van der Waals surface area contributed by atoms with Crippen LogP contribution in [-0.4, -0.2) is 41.4 Å². The zero-order valence-electron chi connectivity index (χ0n) is 10.1. The Kier molecular flexibility index (Phi) is 3.57. The Morgan fingerprint density at radius 1 is 1.44 bits per heavy atom. The highest BCUT2D eigenvalue weighted by Crippen LogP contribution is 2.15. The smallest absolute Gasteiger partial charge is 0.269 e. The summed E-state index contributed by atoms with van der Waals surface area (Å²) in [5.74, 6) is -0.0705. The van der Waals surface area contributed by atoms with Gasteiger partial charge >= 0.3 is 0 Å². The minimum atomic E-state index is -0.471. The van der Waals surface area contributed by atoms with E-state index < -0.39 is 4.92 Å². The van der Waals surface area contributed by atoms with Gasteiger partial charge in [-0.05, 0) is 19.1 Å². The number of rotatable bonds is 4. The Bertz CT molecular complexity index is 454. The SMILES string of the molecule is CCN(C(=O)c1ccc([N+](=O)[O-])cc1)C1CNC1. The molecule has 0 unspecified atom stereocenters. The second-order valence-electron chi connectivity index (χ2n) is 4.21. The van der Waals surface area contributed by atoms with Gasteiger partial charge in [0.15, 0.2) is 0 Å². The summed E-state index contributed by atoms with van der Waals surface area (Å²) in [5.41, 5.74) is 0.495. The number of nitro groups is 1. The zero-order valence-corrected chi connectivity index (χ0v) is 10.1. The maximum absolute atomic E-state index is 12.2. The average Bonchev–Trinajstić information content (AvgIpc) is 2.32. The molecular weight excluding hydrogens is 234 g/mol. The topological polar surface area (TPSA) is 75.5 Å². The zero-order chi connectivity index (χ0) is 13.1. The van der Waals surface area contributed by atoms with Crippen LogP contribution in [0.15, 0.2) is 24.3 Å². The maximum Gasteiger partial charge on any atom is 0.269 e. The van der Waals surface area contributed by atoms with E-state index in [1.54, 1.807) is 4.90 Å². The molecule has 6 heteroatoms. The molecule has 1 N–H and O–H groups in total. The van der Waals surface area contributed by atoms with Crippen molar-refractivity contribution in [2.45, 2.75) is 13.0 Å². The first-order chi connectivity index (χ1) is 8.63. The first kappa shape index (κ1) is 12.5. The second-order valence-corrected chi connectivity index (χ2v) is 4.21. The third kappa shape index (κ3) is 2.33. The van der Waals surface area contributed by atoms with Gasteiger partial charge in [-0.15, -0.1) is 0 Å². The van der Waals surface area contributed by atoms with Crippen molar-refractivity contribution in [2.24, 2.45) is 0 Å². The van der Waals surface area contributed by atoms with E-state index in [2.05, 4.69) is 5.32 Å². The molecule has 0 aromatic heterocycles. The van der Waals surface area contributed by atoms with Crippen LogP contribution in [0.1, 0.15) is 17.3 Å². The van der Waals surface area contributed by atoms with Crippen LogP contribution >= 0.6 is 0 Å². The van der Waals surface area contributed by atoms with Gasteiger partial charge in [-0.25, -0.2) is 0 Å². The molecule has 0 spiro atoms. The minimum absolute atomic E-state index is 0.0000840. The first-order valence-electron chi connectivity index (χ1n) is 5.89. The van der Waals surface area contributed by atoms with Crippen molar-refractivity contribution in [3.8, 4) is 0 Å². The van der Waals surface area contributed by atoms with Gasteiger partial charge in [0.2, 0.25) is 0 Å².